The molecule has 1 N–H and O–H groups in total. The molecule has 0 saturated carbocycles. The first kappa shape index (κ1) is 23.0. The summed E-state index contributed by atoms with van der Waals surface area (Å²) in [6.45, 7) is 0. The summed E-state index contributed by atoms with van der Waals surface area (Å²) in [5.74, 6) is 0. The maximum atomic E-state index is 8.65. The van der Waals surface area contributed by atoms with Gasteiger partial charge in [-0.1, -0.05) is 0 Å². The summed E-state index contributed by atoms with van der Waals surface area (Å²) >= 11 is -3.54. The number of hydrogen-bond acceptors (Lipinski definition) is 6. The number of rotatable bonds is 0. The summed E-state index contributed by atoms with van der Waals surface area (Å²) < 4.78 is 58.5. The van der Waals surface area contributed by atoms with E-state index in [4.69, 9.17) is 29.7 Å². The van der Waals surface area contributed by atoms with Gasteiger partial charge in [0.25, 0.3) is 0 Å². The van der Waals surface area contributed by atoms with E-state index in [1.54, 1.807) is 0 Å². The van der Waals surface area contributed by atoms with Gasteiger partial charge in [-0.3, -0.25) is 8.42 Å². The SMILES string of the molecule is O=S(=O)([O-])[O-].O=[Se]([O-])O.[Na+].[Zn+2]. The normalized spacial score (nSPS) is 10.9. The first-order chi connectivity index (χ1) is 3.73. The van der Waals surface area contributed by atoms with E-state index in [1.807, 2.05) is 0 Å². The average molecular weight is 312 g/mol. The zero-order valence-electron chi connectivity index (χ0n) is 5.42. The van der Waals surface area contributed by atoms with E-state index in [0.29, 0.717) is 0 Å². The quantitative estimate of drug-likeness (QED) is 0.266. The Bertz CT molecular complexity index is 161. The van der Waals surface area contributed by atoms with Crippen molar-refractivity contribution < 1.29 is 78.8 Å². The molecular formula is HNaO7SSeZn. The molecule has 0 radical (unpaired) electrons. The van der Waals surface area contributed by atoms with E-state index in [2.05, 4.69) is 0 Å². The van der Waals surface area contributed by atoms with Crippen LogP contribution in [0.25, 0.3) is 0 Å². The van der Waals surface area contributed by atoms with Gasteiger partial charge in [-0.25, -0.2) is 0 Å². The Labute approximate surface area is 103 Å². The summed E-state index contributed by atoms with van der Waals surface area (Å²) in [6, 6.07) is 0. The fraction of sp³-hybridized carbons (Fsp3) is 0. The largest absolute Gasteiger partial charge is 2.00 e. The average Bonchev–Trinajstić information content (AvgIpc) is 1.19. The van der Waals surface area contributed by atoms with E-state index in [-0.39, 0.29) is 49.0 Å². The molecule has 0 spiro atoms. The molecule has 0 aromatic carbocycles. The second-order valence-corrected chi connectivity index (χ2v) is 2.35. The van der Waals surface area contributed by atoms with Crippen molar-refractivity contribution in [3.05, 3.63) is 0 Å². The Morgan fingerprint density at radius 1 is 1.27 bits per heavy atom. The molecule has 11 heavy (non-hydrogen) atoms. The van der Waals surface area contributed by atoms with Gasteiger partial charge in [0.05, 0.1) is 0 Å². The molecule has 0 aliphatic rings. The van der Waals surface area contributed by atoms with Gasteiger partial charge in [0, 0.05) is 10.4 Å². The van der Waals surface area contributed by atoms with E-state index in [0.717, 1.165) is 0 Å². The van der Waals surface area contributed by atoms with Gasteiger partial charge in [-0.2, -0.15) is 0 Å². The van der Waals surface area contributed by atoms with Gasteiger partial charge < -0.3 is 9.11 Å². The second-order valence-electron chi connectivity index (χ2n) is 0.625. The summed E-state index contributed by atoms with van der Waals surface area (Å²) in [5, 5.41) is 0. The Morgan fingerprint density at radius 3 is 1.27 bits per heavy atom. The van der Waals surface area contributed by atoms with Crippen LogP contribution in [0.4, 0.5) is 0 Å². The molecule has 58 valence electrons. The molecule has 0 aromatic heterocycles. The van der Waals surface area contributed by atoms with Crippen molar-refractivity contribution in [2.24, 2.45) is 0 Å². The minimum Gasteiger partial charge on any atom is 1.00 e. The fourth-order valence-electron chi connectivity index (χ4n) is 0. The van der Waals surface area contributed by atoms with Crippen LogP contribution >= 0.6 is 0 Å². The topological polar surface area (TPSA) is 141 Å². The fourth-order valence-corrected chi connectivity index (χ4v) is 0. The minimum atomic E-state index is -5.17. The van der Waals surface area contributed by atoms with E-state index in [1.165, 1.54) is 0 Å². The molecular weight excluding hydrogens is 311 g/mol. The van der Waals surface area contributed by atoms with Crippen molar-refractivity contribution in [1.29, 1.82) is 0 Å². The van der Waals surface area contributed by atoms with Gasteiger partial charge in [0.2, 0.25) is 0 Å². The van der Waals surface area contributed by atoms with Crippen LogP contribution in [0.5, 0.6) is 0 Å². The van der Waals surface area contributed by atoms with Crippen LogP contribution < -0.4 is 33.7 Å². The van der Waals surface area contributed by atoms with Crippen molar-refractivity contribution in [3.8, 4) is 0 Å². The Kier molecular flexibility index (Phi) is 24.5. The van der Waals surface area contributed by atoms with E-state index >= 15 is 0 Å². The van der Waals surface area contributed by atoms with Crippen molar-refractivity contribution in [2.45, 2.75) is 0 Å². The number of hydrogen-bond donors (Lipinski definition) is 1. The summed E-state index contributed by atoms with van der Waals surface area (Å²) in [4.78, 5) is 0. The van der Waals surface area contributed by atoms with Gasteiger partial charge in [-0.15, -0.1) is 0 Å². The van der Waals surface area contributed by atoms with Crippen LogP contribution in [0.1, 0.15) is 0 Å². The first-order valence-electron chi connectivity index (χ1n) is 1.18. The smallest absolute Gasteiger partial charge is 1.00 e. The zero-order valence-corrected chi connectivity index (χ0v) is 12.9. The monoisotopic (exact) mass is 312 g/mol. The van der Waals surface area contributed by atoms with E-state index in [9.17, 15) is 0 Å². The molecule has 0 aliphatic carbocycles. The second kappa shape index (κ2) is 11.7. The Morgan fingerprint density at radius 2 is 1.27 bits per heavy atom. The molecule has 7 nitrogen and oxygen atoms in total. The maximum Gasteiger partial charge on any atom is 2.00 e. The summed E-state index contributed by atoms with van der Waals surface area (Å²) in [7, 11) is -5.17. The van der Waals surface area contributed by atoms with Crippen molar-refractivity contribution in [3.63, 3.8) is 0 Å². The van der Waals surface area contributed by atoms with Gasteiger partial charge in [-0.05, 0) is 0 Å². The van der Waals surface area contributed by atoms with Gasteiger partial charge in [0.15, 0.2) is 0 Å². The molecule has 1 unspecified atom stereocenters. The van der Waals surface area contributed by atoms with Gasteiger partial charge in [0.1, 0.15) is 0 Å². The molecule has 0 aliphatic heterocycles. The van der Waals surface area contributed by atoms with Crippen LogP contribution in [-0.2, 0) is 33.7 Å². The molecule has 0 saturated heterocycles. The first-order valence-corrected chi connectivity index (χ1v) is 4.68. The van der Waals surface area contributed by atoms with Crippen LogP contribution in [-0.4, -0.2) is 36.2 Å². The van der Waals surface area contributed by atoms with E-state index < -0.39 is 24.9 Å². The predicted octanol–water partition coefficient (Wildman–Crippen LogP) is -6.58. The van der Waals surface area contributed by atoms with Crippen molar-refractivity contribution >= 4 is 24.9 Å². The molecule has 0 fully saturated rings. The molecule has 1 atom stereocenters. The standard InChI is InChI=1S/Na.H2O4S.H2O3Se.Zn/c;1-5(2,3)4;1-4(2)3;/h;(H2,1,2,3,4);(H2,1,2,3);/q+1;;;+2/p-3. The molecule has 11 heteroatoms. The third-order valence-electron chi connectivity index (χ3n) is 0. The van der Waals surface area contributed by atoms with Crippen molar-refractivity contribution in [2.75, 3.05) is 0 Å². The molecule has 0 aromatic rings. The van der Waals surface area contributed by atoms with Crippen LogP contribution in [0, 0.1) is 0 Å². The van der Waals surface area contributed by atoms with Gasteiger partial charge >= 0.3 is 75.7 Å². The van der Waals surface area contributed by atoms with Crippen LogP contribution in [0.3, 0.4) is 0 Å². The third kappa shape index (κ3) is 370. The predicted molar refractivity (Wildman–Crippen MR) is 19.1 cm³/mol. The molecule has 0 heterocycles. The molecule has 0 amide bonds. The summed E-state index contributed by atoms with van der Waals surface area (Å²) in [5.41, 5.74) is 0. The molecule has 0 bridgehead atoms. The zero-order chi connectivity index (χ0) is 8.08. The molecule has 0 rings (SSSR count). The summed E-state index contributed by atoms with van der Waals surface area (Å²) in [6.07, 6.45) is 0. The van der Waals surface area contributed by atoms with Crippen LogP contribution in [0.2, 0.25) is 0 Å². The van der Waals surface area contributed by atoms with Crippen LogP contribution in [0.15, 0.2) is 0 Å². The third-order valence-corrected chi connectivity index (χ3v) is 0. The Hall–Kier alpha value is 1.73. The maximum absolute atomic E-state index is 8.65. The Balaban J connectivity index is -0.0000000383. The minimum absolute atomic E-state index is 0. The van der Waals surface area contributed by atoms with Crippen molar-refractivity contribution in [1.82, 2.24) is 0 Å².